The molecule has 0 aliphatic heterocycles. The summed E-state index contributed by atoms with van der Waals surface area (Å²) < 4.78 is 5.21. The van der Waals surface area contributed by atoms with Crippen LogP contribution in [0.5, 0.6) is 0 Å². The molecule has 0 unspecified atom stereocenters. The topological polar surface area (TPSA) is 33.3 Å². The third-order valence-corrected chi connectivity index (χ3v) is 2.13. The van der Waals surface area contributed by atoms with Gasteiger partial charge >= 0.3 is 0 Å². The van der Waals surface area contributed by atoms with Crippen molar-refractivity contribution < 1.29 is 4.74 Å². The maximum absolute atomic E-state index is 5.21. The van der Waals surface area contributed by atoms with E-state index in [9.17, 15) is 0 Å². The molecule has 0 aromatic heterocycles. The minimum Gasteiger partial charge on any atom is -0.382 e. The molecule has 0 spiro atoms. The number of ether oxygens (including phenoxy) is 1. The Kier molecular flexibility index (Phi) is 5.08. The Morgan fingerprint density at radius 1 is 1.54 bits per heavy atom. The lowest BCUT2D eigenvalue weighted by molar-refractivity contribution is 0.145. The highest BCUT2D eigenvalue weighted by molar-refractivity contribution is 7.80. The molecule has 0 saturated heterocycles. The Labute approximate surface area is 85.2 Å². The summed E-state index contributed by atoms with van der Waals surface area (Å²) in [5.74, 6) is 0. The molecule has 1 aliphatic carbocycles. The van der Waals surface area contributed by atoms with Crippen molar-refractivity contribution in [3.63, 3.8) is 0 Å². The van der Waals surface area contributed by atoms with E-state index in [0.29, 0.717) is 6.04 Å². The molecule has 76 valence electrons. The van der Waals surface area contributed by atoms with Gasteiger partial charge < -0.3 is 15.4 Å². The minimum atomic E-state index is 0.645. The molecule has 0 radical (unpaired) electrons. The molecule has 1 aliphatic rings. The van der Waals surface area contributed by atoms with Gasteiger partial charge in [0.25, 0.3) is 0 Å². The first-order valence-electron chi connectivity index (χ1n) is 4.95. The van der Waals surface area contributed by atoms with E-state index in [4.69, 9.17) is 17.0 Å². The molecule has 0 amide bonds. The van der Waals surface area contributed by atoms with Crippen LogP contribution < -0.4 is 10.6 Å². The van der Waals surface area contributed by atoms with Crippen LogP contribution in [0.15, 0.2) is 0 Å². The summed E-state index contributed by atoms with van der Waals surface area (Å²) in [6, 6.07) is 0.645. The number of thiocarbonyl (C=S) groups is 1. The predicted octanol–water partition coefficient (Wildman–Crippen LogP) is 1.04. The van der Waals surface area contributed by atoms with Crippen LogP contribution in [-0.2, 0) is 4.74 Å². The highest BCUT2D eigenvalue weighted by atomic mass is 32.1. The first-order valence-corrected chi connectivity index (χ1v) is 5.36. The number of hydrogen-bond donors (Lipinski definition) is 2. The van der Waals surface area contributed by atoms with E-state index in [1.165, 1.54) is 12.8 Å². The summed E-state index contributed by atoms with van der Waals surface area (Å²) in [7, 11) is 0. The van der Waals surface area contributed by atoms with Crippen LogP contribution in [0.2, 0.25) is 0 Å². The van der Waals surface area contributed by atoms with E-state index in [-0.39, 0.29) is 0 Å². The van der Waals surface area contributed by atoms with E-state index in [1.807, 2.05) is 6.92 Å². The van der Waals surface area contributed by atoms with Crippen LogP contribution in [0.4, 0.5) is 0 Å². The van der Waals surface area contributed by atoms with E-state index in [2.05, 4.69) is 10.6 Å². The number of hydrogen-bond acceptors (Lipinski definition) is 2. The van der Waals surface area contributed by atoms with Crippen molar-refractivity contribution in [1.29, 1.82) is 0 Å². The lowest BCUT2D eigenvalue weighted by atomic mass is 10.4. The van der Waals surface area contributed by atoms with E-state index >= 15 is 0 Å². The third kappa shape index (κ3) is 5.82. The number of rotatable bonds is 6. The fourth-order valence-electron chi connectivity index (χ4n) is 0.985. The Morgan fingerprint density at radius 2 is 2.31 bits per heavy atom. The molecule has 1 saturated carbocycles. The summed E-state index contributed by atoms with van der Waals surface area (Å²) in [5.41, 5.74) is 0. The second-order valence-electron chi connectivity index (χ2n) is 3.22. The van der Waals surface area contributed by atoms with Gasteiger partial charge in [-0.05, 0) is 38.4 Å². The molecular weight excluding hydrogens is 184 g/mol. The SMILES string of the molecule is CCOCCCNC(=S)NC1CC1. The fourth-order valence-corrected chi connectivity index (χ4v) is 1.25. The van der Waals surface area contributed by atoms with E-state index in [0.717, 1.165) is 31.3 Å². The van der Waals surface area contributed by atoms with Gasteiger partial charge in [0.1, 0.15) is 0 Å². The van der Waals surface area contributed by atoms with E-state index in [1.54, 1.807) is 0 Å². The Hall–Kier alpha value is -0.350. The van der Waals surface area contributed by atoms with Gasteiger partial charge in [0.15, 0.2) is 5.11 Å². The normalized spacial score (nSPS) is 15.5. The molecule has 2 N–H and O–H groups in total. The highest BCUT2D eigenvalue weighted by Crippen LogP contribution is 2.18. The Morgan fingerprint density at radius 3 is 2.92 bits per heavy atom. The van der Waals surface area contributed by atoms with Gasteiger partial charge in [-0.3, -0.25) is 0 Å². The monoisotopic (exact) mass is 202 g/mol. The van der Waals surface area contributed by atoms with Crippen molar-refractivity contribution >= 4 is 17.3 Å². The van der Waals surface area contributed by atoms with Gasteiger partial charge in [-0.2, -0.15) is 0 Å². The largest absolute Gasteiger partial charge is 0.382 e. The van der Waals surface area contributed by atoms with Gasteiger partial charge in [0.05, 0.1) is 0 Å². The van der Waals surface area contributed by atoms with Crippen LogP contribution in [0.1, 0.15) is 26.2 Å². The van der Waals surface area contributed by atoms with Crippen molar-refractivity contribution in [2.24, 2.45) is 0 Å². The van der Waals surface area contributed by atoms with Gasteiger partial charge in [0, 0.05) is 25.8 Å². The Bertz CT molecular complexity index is 160. The summed E-state index contributed by atoms with van der Waals surface area (Å²) in [6.45, 7) is 4.52. The van der Waals surface area contributed by atoms with Crippen LogP contribution >= 0.6 is 12.2 Å². The molecule has 0 aromatic rings. The van der Waals surface area contributed by atoms with Crippen LogP contribution in [0.3, 0.4) is 0 Å². The summed E-state index contributed by atoms with van der Waals surface area (Å²) in [6.07, 6.45) is 3.54. The summed E-state index contributed by atoms with van der Waals surface area (Å²) in [4.78, 5) is 0. The quantitative estimate of drug-likeness (QED) is 0.498. The average molecular weight is 202 g/mol. The molecule has 1 rings (SSSR count). The maximum atomic E-state index is 5.21. The lowest BCUT2D eigenvalue weighted by Gasteiger charge is -2.08. The summed E-state index contributed by atoms with van der Waals surface area (Å²) in [5, 5.41) is 7.17. The predicted molar refractivity (Wildman–Crippen MR) is 57.9 cm³/mol. The van der Waals surface area contributed by atoms with Crippen molar-refractivity contribution in [2.45, 2.75) is 32.2 Å². The second-order valence-corrected chi connectivity index (χ2v) is 3.63. The van der Waals surface area contributed by atoms with Crippen LogP contribution in [0.25, 0.3) is 0 Å². The molecule has 13 heavy (non-hydrogen) atoms. The van der Waals surface area contributed by atoms with Gasteiger partial charge in [-0.25, -0.2) is 0 Å². The maximum Gasteiger partial charge on any atom is 0.166 e. The molecule has 0 bridgehead atoms. The molecular formula is C9H18N2OS. The van der Waals surface area contributed by atoms with Crippen molar-refractivity contribution in [3.8, 4) is 0 Å². The molecule has 0 aromatic carbocycles. The van der Waals surface area contributed by atoms with E-state index < -0.39 is 0 Å². The second kappa shape index (κ2) is 6.16. The van der Waals surface area contributed by atoms with Crippen molar-refractivity contribution in [1.82, 2.24) is 10.6 Å². The smallest absolute Gasteiger partial charge is 0.166 e. The first kappa shape index (κ1) is 10.7. The van der Waals surface area contributed by atoms with Crippen LogP contribution in [-0.4, -0.2) is 30.9 Å². The zero-order valence-electron chi connectivity index (χ0n) is 8.14. The lowest BCUT2D eigenvalue weighted by Crippen LogP contribution is -2.37. The zero-order chi connectivity index (χ0) is 9.52. The van der Waals surface area contributed by atoms with Gasteiger partial charge in [0.2, 0.25) is 0 Å². The molecule has 1 fully saturated rings. The standard InChI is InChI=1S/C9H18N2OS/c1-2-12-7-3-6-10-9(13)11-8-4-5-8/h8H,2-7H2,1H3,(H2,10,11,13). The molecule has 0 atom stereocenters. The minimum absolute atomic E-state index is 0.645. The van der Waals surface area contributed by atoms with Crippen molar-refractivity contribution in [3.05, 3.63) is 0 Å². The fraction of sp³-hybridized carbons (Fsp3) is 0.889. The van der Waals surface area contributed by atoms with Crippen molar-refractivity contribution in [2.75, 3.05) is 19.8 Å². The van der Waals surface area contributed by atoms with Gasteiger partial charge in [-0.15, -0.1) is 0 Å². The first-order chi connectivity index (χ1) is 6.33. The average Bonchev–Trinajstić information content (AvgIpc) is 2.88. The van der Waals surface area contributed by atoms with Crippen LogP contribution in [0, 0.1) is 0 Å². The van der Waals surface area contributed by atoms with Gasteiger partial charge in [-0.1, -0.05) is 0 Å². The highest BCUT2D eigenvalue weighted by Gasteiger charge is 2.21. The molecule has 0 heterocycles. The third-order valence-electron chi connectivity index (χ3n) is 1.87. The Balaban J connectivity index is 1.83. The zero-order valence-corrected chi connectivity index (χ0v) is 8.95. The summed E-state index contributed by atoms with van der Waals surface area (Å²) >= 11 is 5.09. The molecule has 4 heteroatoms. The number of nitrogens with one attached hydrogen (secondary N) is 2. The molecule has 3 nitrogen and oxygen atoms in total.